The van der Waals surface area contributed by atoms with Crippen LogP contribution in [0.25, 0.3) is 10.4 Å². The number of hydrogen-bond donors (Lipinski definition) is 2. The van der Waals surface area contributed by atoms with Crippen molar-refractivity contribution in [3.63, 3.8) is 0 Å². The molecule has 0 amide bonds. The third-order valence-corrected chi connectivity index (χ3v) is 2.59. The maximum atomic E-state index is 9.85. The molecular formula is C10H13ClN4O3. The summed E-state index contributed by atoms with van der Waals surface area (Å²) in [5, 5.41) is 23.1. The van der Waals surface area contributed by atoms with E-state index < -0.39 is 12.2 Å². The van der Waals surface area contributed by atoms with E-state index in [4.69, 9.17) is 21.9 Å². The van der Waals surface area contributed by atoms with Crippen molar-refractivity contribution in [3.8, 4) is 5.88 Å². The second-order valence-corrected chi connectivity index (χ2v) is 3.92. The molecule has 2 atom stereocenters. The molecule has 18 heavy (non-hydrogen) atoms. The summed E-state index contributed by atoms with van der Waals surface area (Å²) in [5.74, 6) is 0.246. The zero-order valence-electron chi connectivity index (χ0n) is 9.69. The Balaban J connectivity index is 2.73. The molecule has 0 aromatic carbocycles. The van der Waals surface area contributed by atoms with Gasteiger partial charge in [0.2, 0.25) is 5.88 Å². The van der Waals surface area contributed by atoms with Gasteiger partial charge in [-0.05, 0) is 18.0 Å². The van der Waals surface area contributed by atoms with Gasteiger partial charge in [-0.25, -0.2) is 4.98 Å². The van der Waals surface area contributed by atoms with Crippen LogP contribution in [-0.4, -0.2) is 35.0 Å². The number of halogens is 1. The van der Waals surface area contributed by atoms with Crippen LogP contribution in [0.1, 0.15) is 18.1 Å². The first kappa shape index (κ1) is 14.5. The fourth-order valence-electron chi connectivity index (χ4n) is 1.37. The van der Waals surface area contributed by atoms with Gasteiger partial charge in [-0.3, -0.25) is 0 Å². The molecule has 0 aliphatic rings. The predicted molar refractivity (Wildman–Crippen MR) is 65.4 cm³/mol. The average Bonchev–Trinajstić information content (AvgIpc) is 2.38. The van der Waals surface area contributed by atoms with E-state index in [0.717, 1.165) is 0 Å². The Bertz CT molecular complexity index is 451. The van der Waals surface area contributed by atoms with Crippen LogP contribution < -0.4 is 4.74 Å². The number of azide groups is 1. The SMILES string of the molecule is COc1ncc(C(O)C(O)CCN=[N+]=[N-])cc1Cl. The monoisotopic (exact) mass is 272 g/mol. The van der Waals surface area contributed by atoms with Crippen LogP contribution in [0.3, 0.4) is 0 Å². The second-order valence-electron chi connectivity index (χ2n) is 3.52. The van der Waals surface area contributed by atoms with Crippen LogP contribution in [0.15, 0.2) is 17.4 Å². The van der Waals surface area contributed by atoms with Crippen LogP contribution in [-0.2, 0) is 0 Å². The number of rotatable bonds is 6. The number of nitrogens with zero attached hydrogens (tertiary/aromatic N) is 4. The standard InChI is InChI=1S/C10H13ClN4O3/c1-18-10-7(11)4-6(5-13-10)9(17)8(16)2-3-14-15-12/h4-5,8-9,16-17H,2-3H2,1H3. The van der Waals surface area contributed by atoms with E-state index in [0.29, 0.717) is 5.56 Å². The Morgan fingerprint density at radius 1 is 1.61 bits per heavy atom. The first-order chi connectivity index (χ1) is 8.60. The number of ether oxygens (including phenoxy) is 1. The fourth-order valence-corrected chi connectivity index (χ4v) is 1.62. The summed E-state index contributed by atoms with van der Waals surface area (Å²) in [7, 11) is 1.43. The first-order valence-corrected chi connectivity index (χ1v) is 5.54. The van der Waals surface area contributed by atoms with Crippen LogP contribution in [0.4, 0.5) is 0 Å². The maximum Gasteiger partial charge on any atom is 0.232 e. The van der Waals surface area contributed by atoms with E-state index in [-0.39, 0.29) is 23.9 Å². The van der Waals surface area contributed by atoms with Gasteiger partial charge in [-0.1, -0.05) is 16.7 Å². The van der Waals surface area contributed by atoms with Gasteiger partial charge in [0.05, 0.1) is 13.2 Å². The quantitative estimate of drug-likeness (QED) is 0.467. The molecule has 0 bridgehead atoms. The van der Waals surface area contributed by atoms with E-state index in [1.165, 1.54) is 19.4 Å². The molecule has 1 aromatic rings. The van der Waals surface area contributed by atoms with Gasteiger partial charge >= 0.3 is 0 Å². The van der Waals surface area contributed by atoms with Gasteiger partial charge in [-0.2, -0.15) is 0 Å². The van der Waals surface area contributed by atoms with E-state index in [9.17, 15) is 10.2 Å². The van der Waals surface area contributed by atoms with Crippen molar-refractivity contribution in [2.24, 2.45) is 5.11 Å². The first-order valence-electron chi connectivity index (χ1n) is 5.16. The summed E-state index contributed by atoms with van der Waals surface area (Å²) in [6.07, 6.45) is -0.683. The zero-order chi connectivity index (χ0) is 13.5. The molecule has 8 heteroatoms. The molecule has 2 N–H and O–H groups in total. The van der Waals surface area contributed by atoms with Crippen LogP contribution in [0.2, 0.25) is 5.02 Å². The Morgan fingerprint density at radius 2 is 2.33 bits per heavy atom. The lowest BCUT2D eigenvalue weighted by Gasteiger charge is -2.17. The van der Waals surface area contributed by atoms with Gasteiger partial charge in [0.1, 0.15) is 11.1 Å². The van der Waals surface area contributed by atoms with Gasteiger partial charge < -0.3 is 14.9 Å². The smallest absolute Gasteiger partial charge is 0.232 e. The molecule has 7 nitrogen and oxygen atoms in total. The summed E-state index contributed by atoms with van der Waals surface area (Å²) in [4.78, 5) is 6.45. The number of aliphatic hydroxyl groups is 2. The minimum atomic E-state index is -1.14. The lowest BCUT2D eigenvalue weighted by molar-refractivity contribution is 0.0148. The largest absolute Gasteiger partial charge is 0.480 e. The van der Waals surface area contributed by atoms with Gasteiger partial charge in [0, 0.05) is 23.2 Å². The van der Waals surface area contributed by atoms with Gasteiger partial charge in [-0.15, -0.1) is 0 Å². The van der Waals surface area contributed by atoms with E-state index >= 15 is 0 Å². The lowest BCUT2D eigenvalue weighted by Crippen LogP contribution is -2.19. The van der Waals surface area contributed by atoms with E-state index in [1.807, 2.05) is 0 Å². The molecule has 0 radical (unpaired) electrons. The molecule has 98 valence electrons. The third-order valence-electron chi connectivity index (χ3n) is 2.32. The zero-order valence-corrected chi connectivity index (χ0v) is 10.4. The highest BCUT2D eigenvalue weighted by Crippen LogP contribution is 2.26. The minimum absolute atomic E-state index is 0.103. The van der Waals surface area contributed by atoms with Crippen molar-refractivity contribution >= 4 is 11.6 Å². The minimum Gasteiger partial charge on any atom is -0.480 e. The molecule has 0 aliphatic heterocycles. The molecule has 1 aromatic heterocycles. The van der Waals surface area contributed by atoms with Crippen molar-refractivity contribution in [2.75, 3.05) is 13.7 Å². The van der Waals surface area contributed by atoms with Crippen LogP contribution in [0.5, 0.6) is 5.88 Å². The van der Waals surface area contributed by atoms with Crippen molar-refractivity contribution in [1.29, 1.82) is 0 Å². The summed E-state index contributed by atoms with van der Waals surface area (Å²) < 4.78 is 4.88. The summed E-state index contributed by atoms with van der Waals surface area (Å²) >= 11 is 5.86. The predicted octanol–water partition coefficient (Wildman–Crippen LogP) is 1.84. The Hall–Kier alpha value is -1.53. The number of methoxy groups -OCH3 is 1. The van der Waals surface area contributed by atoms with E-state index in [2.05, 4.69) is 15.0 Å². The highest BCUT2D eigenvalue weighted by molar-refractivity contribution is 6.31. The Labute approximate surface area is 109 Å². The highest BCUT2D eigenvalue weighted by Gasteiger charge is 2.19. The third kappa shape index (κ3) is 3.75. The molecule has 1 heterocycles. The average molecular weight is 273 g/mol. The van der Waals surface area contributed by atoms with Gasteiger partial charge in [0.25, 0.3) is 0 Å². The highest BCUT2D eigenvalue weighted by atomic mass is 35.5. The summed E-state index contributed by atoms with van der Waals surface area (Å²) in [6.45, 7) is 0.103. The van der Waals surface area contributed by atoms with Gasteiger partial charge in [0.15, 0.2) is 0 Å². The van der Waals surface area contributed by atoms with Crippen molar-refractivity contribution in [1.82, 2.24) is 4.98 Å². The van der Waals surface area contributed by atoms with E-state index in [1.54, 1.807) is 0 Å². The topological polar surface area (TPSA) is 111 Å². The molecule has 0 aliphatic carbocycles. The van der Waals surface area contributed by atoms with Crippen molar-refractivity contribution in [2.45, 2.75) is 18.6 Å². The van der Waals surface area contributed by atoms with Crippen LogP contribution >= 0.6 is 11.6 Å². The van der Waals surface area contributed by atoms with Crippen LogP contribution in [0, 0.1) is 0 Å². The molecule has 2 unspecified atom stereocenters. The Morgan fingerprint density at radius 3 is 2.89 bits per heavy atom. The summed E-state index contributed by atoms with van der Waals surface area (Å²) in [5.41, 5.74) is 8.47. The van der Waals surface area contributed by atoms with Crippen molar-refractivity contribution < 1.29 is 14.9 Å². The molecule has 0 saturated heterocycles. The number of aliphatic hydroxyl groups excluding tert-OH is 2. The molecular weight excluding hydrogens is 260 g/mol. The fraction of sp³-hybridized carbons (Fsp3) is 0.500. The molecule has 1 rings (SSSR count). The molecule has 0 saturated carbocycles. The molecule has 0 spiro atoms. The lowest BCUT2D eigenvalue weighted by atomic mass is 10.0. The normalized spacial score (nSPS) is 13.6. The van der Waals surface area contributed by atoms with Crippen molar-refractivity contribution in [3.05, 3.63) is 33.3 Å². The second kappa shape index (κ2) is 7.03. The summed E-state index contributed by atoms with van der Waals surface area (Å²) in [6, 6.07) is 1.47. The number of hydrogen-bond acceptors (Lipinski definition) is 5. The molecule has 0 fully saturated rings. The Kier molecular flexibility index (Phi) is 5.67. The number of aromatic nitrogens is 1. The maximum absolute atomic E-state index is 9.85. The number of pyridine rings is 1.